The number of ether oxygens (including phenoxy) is 1. The average Bonchev–Trinajstić information content (AvgIpc) is 2.32. The van der Waals surface area contributed by atoms with Gasteiger partial charge >= 0.3 is 0 Å². The first kappa shape index (κ1) is 14.4. The summed E-state index contributed by atoms with van der Waals surface area (Å²) in [5.74, 6) is 0.321. The third kappa shape index (κ3) is 4.33. The highest BCUT2D eigenvalue weighted by molar-refractivity contribution is 5.75. The molecule has 0 fully saturated rings. The first-order chi connectivity index (χ1) is 8.54. The Bertz CT molecular complexity index is 408. The number of hydrogen-bond donors (Lipinski definition) is 1. The molecule has 0 aromatic heterocycles. The summed E-state index contributed by atoms with van der Waals surface area (Å²) in [6.45, 7) is 0.814. The van der Waals surface area contributed by atoms with Crippen molar-refractivity contribution in [1.82, 2.24) is 10.2 Å². The van der Waals surface area contributed by atoms with Crippen LogP contribution in [-0.2, 0) is 11.3 Å². The van der Waals surface area contributed by atoms with Crippen LogP contribution in [0.15, 0.2) is 18.2 Å². The van der Waals surface area contributed by atoms with Crippen molar-refractivity contribution in [2.75, 3.05) is 27.7 Å². The molecular weight excluding hydrogens is 235 g/mol. The monoisotopic (exact) mass is 254 g/mol. The summed E-state index contributed by atoms with van der Waals surface area (Å²) in [5, 5.41) is 2.95. The standard InChI is InChI=1S/C13H19FN2O2/c1-15-9-10-8-11(14)4-5-12(10)18-7-6-13(17)16(2)3/h4-5,8,15H,6-7,9H2,1-3H3. The molecule has 0 radical (unpaired) electrons. The van der Waals surface area contributed by atoms with Crippen molar-refractivity contribution >= 4 is 5.91 Å². The van der Waals surface area contributed by atoms with E-state index >= 15 is 0 Å². The molecule has 0 aliphatic carbocycles. The number of benzene rings is 1. The zero-order valence-electron chi connectivity index (χ0n) is 11.0. The largest absolute Gasteiger partial charge is 0.493 e. The first-order valence-electron chi connectivity index (χ1n) is 5.80. The van der Waals surface area contributed by atoms with Crippen molar-refractivity contribution in [3.8, 4) is 5.75 Å². The van der Waals surface area contributed by atoms with E-state index in [4.69, 9.17) is 4.74 Å². The van der Waals surface area contributed by atoms with Crippen LogP contribution in [0.4, 0.5) is 4.39 Å². The first-order valence-corrected chi connectivity index (χ1v) is 5.80. The van der Waals surface area contributed by atoms with Crippen molar-refractivity contribution in [3.05, 3.63) is 29.6 Å². The molecule has 18 heavy (non-hydrogen) atoms. The molecular formula is C13H19FN2O2. The Labute approximate surface area is 107 Å². The number of rotatable bonds is 6. The number of amides is 1. The zero-order valence-corrected chi connectivity index (χ0v) is 11.0. The van der Waals surface area contributed by atoms with Crippen LogP contribution in [0.1, 0.15) is 12.0 Å². The molecule has 1 rings (SSSR count). The highest BCUT2D eigenvalue weighted by atomic mass is 19.1. The lowest BCUT2D eigenvalue weighted by atomic mass is 10.2. The van der Waals surface area contributed by atoms with Gasteiger partial charge < -0.3 is 15.0 Å². The third-order valence-electron chi connectivity index (χ3n) is 2.46. The molecule has 0 heterocycles. The van der Waals surface area contributed by atoms with Gasteiger partial charge in [0.1, 0.15) is 11.6 Å². The summed E-state index contributed by atoms with van der Waals surface area (Å²) in [4.78, 5) is 12.9. The minimum absolute atomic E-state index is 0.00674. The Balaban J connectivity index is 2.58. The predicted octanol–water partition coefficient (Wildman–Crippen LogP) is 1.40. The molecule has 0 aliphatic rings. The molecule has 0 unspecified atom stereocenters. The van der Waals surface area contributed by atoms with E-state index < -0.39 is 0 Å². The highest BCUT2D eigenvalue weighted by Gasteiger charge is 2.07. The van der Waals surface area contributed by atoms with E-state index in [0.717, 1.165) is 5.56 Å². The minimum atomic E-state index is -0.294. The lowest BCUT2D eigenvalue weighted by Crippen LogP contribution is -2.23. The second kappa shape index (κ2) is 6.96. The summed E-state index contributed by atoms with van der Waals surface area (Å²) in [6, 6.07) is 4.37. The van der Waals surface area contributed by atoms with E-state index in [1.165, 1.54) is 17.0 Å². The number of hydrogen-bond acceptors (Lipinski definition) is 3. The summed E-state index contributed by atoms with van der Waals surface area (Å²) >= 11 is 0. The van der Waals surface area contributed by atoms with Crippen molar-refractivity contribution in [2.24, 2.45) is 0 Å². The topological polar surface area (TPSA) is 41.6 Å². The number of nitrogens with one attached hydrogen (secondary N) is 1. The van der Waals surface area contributed by atoms with Crippen LogP contribution in [0.5, 0.6) is 5.75 Å². The molecule has 0 bridgehead atoms. The normalized spacial score (nSPS) is 10.2. The van der Waals surface area contributed by atoms with Crippen LogP contribution in [0.25, 0.3) is 0 Å². The lowest BCUT2D eigenvalue weighted by Gasteiger charge is -2.13. The maximum Gasteiger partial charge on any atom is 0.225 e. The third-order valence-corrected chi connectivity index (χ3v) is 2.46. The van der Waals surface area contributed by atoms with Gasteiger partial charge in [0.25, 0.3) is 0 Å². The van der Waals surface area contributed by atoms with Crippen LogP contribution in [0.3, 0.4) is 0 Å². The van der Waals surface area contributed by atoms with Crippen molar-refractivity contribution < 1.29 is 13.9 Å². The second-order valence-corrected chi connectivity index (χ2v) is 4.17. The Morgan fingerprint density at radius 3 is 2.78 bits per heavy atom. The molecule has 0 saturated heterocycles. The summed E-state index contributed by atoms with van der Waals surface area (Å²) in [5.41, 5.74) is 0.745. The fourth-order valence-electron chi connectivity index (χ4n) is 1.49. The average molecular weight is 254 g/mol. The summed E-state index contributed by atoms with van der Waals surface area (Å²) in [7, 11) is 5.18. The highest BCUT2D eigenvalue weighted by Crippen LogP contribution is 2.19. The molecule has 0 aliphatic heterocycles. The molecule has 1 aromatic carbocycles. The van der Waals surface area contributed by atoms with Gasteiger partial charge in [-0.15, -0.1) is 0 Å². The quantitative estimate of drug-likeness (QED) is 0.834. The SMILES string of the molecule is CNCc1cc(F)ccc1OCCC(=O)N(C)C. The van der Waals surface area contributed by atoms with Crippen molar-refractivity contribution in [3.63, 3.8) is 0 Å². The van der Waals surface area contributed by atoms with E-state index in [2.05, 4.69) is 5.32 Å². The van der Waals surface area contributed by atoms with Gasteiger partial charge in [0.15, 0.2) is 0 Å². The molecule has 100 valence electrons. The van der Waals surface area contributed by atoms with Gasteiger partial charge in [-0.3, -0.25) is 4.79 Å². The van der Waals surface area contributed by atoms with Crippen molar-refractivity contribution in [2.45, 2.75) is 13.0 Å². The smallest absolute Gasteiger partial charge is 0.225 e. The van der Waals surface area contributed by atoms with Gasteiger partial charge in [0, 0.05) is 26.2 Å². The van der Waals surface area contributed by atoms with Gasteiger partial charge in [-0.05, 0) is 25.2 Å². The van der Waals surface area contributed by atoms with Gasteiger partial charge in [-0.1, -0.05) is 0 Å². The van der Waals surface area contributed by atoms with Crippen LogP contribution >= 0.6 is 0 Å². The van der Waals surface area contributed by atoms with Gasteiger partial charge in [0.2, 0.25) is 5.91 Å². The minimum Gasteiger partial charge on any atom is -0.493 e. The molecule has 4 nitrogen and oxygen atoms in total. The number of carbonyl (C=O) groups excluding carboxylic acids is 1. The molecule has 0 spiro atoms. The van der Waals surface area contributed by atoms with E-state index in [1.807, 2.05) is 0 Å². The molecule has 1 aromatic rings. The Hall–Kier alpha value is -1.62. The van der Waals surface area contributed by atoms with Crippen LogP contribution in [-0.4, -0.2) is 38.6 Å². The Kier molecular flexibility index (Phi) is 5.58. The maximum atomic E-state index is 13.1. The molecule has 1 N–H and O–H groups in total. The van der Waals surface area contributed by atoms with E-state index in [1.54, 1.807) is 27.2 Å². The van der Waals surface area contributed by atoms with Crippen molar-refractivity contribution in [1.29, 1.82) is 0 Å². The molecule has 1 amide bonds. The maximum absolute atomic E-state index is 13.1. The zero-order chi connectivity index (χ0) is 13.5. The van der Waals surface area contributed by atoms with Crippen LogP contribution in [0.2, 0.25) is 0 Å². The number of nitrogens with zero attached hydrogens (tertiary/aromatic N) is 1. The van der Waals surface area contributed by atoms with Gasteiger partial charge in [-0.2, -0.15) is 0 Å². The van der Waals surface area contributed by atoms with E-state index in [-0.39, 0.29) is 11.7 Å². The van der Waals surface area contributed by atoms with Crippen LogP contribution < -0.4 is 10.1 Å². The Morgan fingerprint density at radius 2 is 2.17 bits per heavy atom. The number of carbonyl (C=O) groups is 1. The summed E-state index contributed by atoms with van der Waals surface area (Å²) < 4.78 is 18.6. The second-order valence-electron chi connectivity index (χ2n) is 4.17. The number of halogens is 1. The predicted molar refractivity (Wildman–Crippen MR) is 68.0 cm³/mol. The van der Waals surface area contributed by atoms with E-state index in [0.29, 0.717) is 25.3 Å². The lowest BCUT2D eigenvalue weighted by molar-refractivity contribution is -0.129. The van der Waals surface area contributed by atoms with Gasteiger partial charge in [-0.25, -0.2) is 4.39 Å². The van der Waals surface area contributed by atoms with Crippen LogP contribution in [0, 0.1) is 5.82 Å². The fraction of sp³-hybridized carbons (Fsp3) is 0.462. The van der Waals surface area contributed by atoms with E-state index in [9.17, 15) is 9.18 Å². The molecule has 0 saturated carbocycles. The summed E-state index contributed by atoms with van der Waals surface area (Å²) in [6.07, 6.45) is 0.309. The van der Waals surface area contributed by atoms with Gasteiger partial charge in [0.05, 0.1) is 13.0 Å². The molecule has 5 heteroatoms. The fourth-order valence-corrected chi connectivity index (χ4v) is 1.49. The Morgan fingerprint density at radius 1 is 1.44 bits per heavy atom. The molecule has 0 atom stereocenters.